The van der Waals surface area contributed by atoms with Gasteiger partial charge in [0.1, 0.15) is 0 Å². The average molecular weight is 269 g/mol. The summed E-state index contributed by atoms with van der Waals surface area (Å²) in [4.78, 5) is 11.1. The predicted molar refractivity (Wildman–Crippen MR) is 71.9 cm³/mol. The van der Waals surface area contributed by atoms with Gasteiger partial charge in [-0.05, 0) is 29.3 Å². The lowest BCUT2D eigenvalue weighted by Gasteiger charge is -2.12. The number of hydrogen-bond acceptors (Lipinski definition) is 5. The summed E-state index contributed by atoms with van der Waals surface area (Å²) in [5.74, 6) is -0.946. The van der Waals surface area contributed by atoms with Crippen LogP contribution in [0.1, 0.15) is 15.9 Å². The van der Waals surface area contributed by atoms with Crippen LogP contribution >= 0.6 is 0 Å². The minimum atomic E-state index is -0.529. The van der Waals surface area contributed by atoms with E-state index in [4.69, 9.17) is 10.00 Å². The number of hydrogen-bond donors (Lipinski definition) is 2. The fourth-order valence-corrected chi connectivity index (χ4v) is 1.89. The van der Waals surface area contributed by atoms with Gasteiger partial charge in [-0.15, -0.1) is 0 Å². The topological polar surface area (TPSA) is 90.5 Å². The number of ether oxygens (including phenoxy) is 1. The van der Waals surface area contributed by atoms with Gasteiger partial charge in [0.25, 0.3) is 0 Å². The van der Waals surface area contributed by atoms with Crippen LogP contribution in [0.15, 0.2) is 30.3 Å². The molecule has 0 unspecified atom stereocenters. The van der Waals surface area contributed by atoms with Gasteiger partial charge in [-0.2, -0.15) is 5.26 Å². The molecule has 2 N–H and O–H groups in total. The number of phenols is 2. The van der Waals surface area contributed by atoms with Gasteiger partial charge in [0.15, 0.2) is 17.8 Å². The van der Waals surface area contributed by atoms with Gasteiger partial charge in [0.2, 0.25) is 5.75 Å². The van der Waals surface area contributed by atoms with Crippen LogP contribution in [-0.2, 0) is 0 Å². The van der Waals surface area contributed by atoms with Crippen molar-refractivity contribution in [1.29, 1.82) is 5.26 Å². The minimum absolute atomic E-state index is 0.0343. The lowest BCUT2D eigenvalue weighted by atomic mass is 9.97. The first-order chi connectivity index (χ1) is 9.62. The second-order valence-electron chi connectivity index (χ2n) is 4.04. The highest BCUT2D eigenvalue weighted by Gasteiger charge is 2.18. The van der Waals surface area contributed by atoms with Crippen LogP contribution in [0.3, 0.4) is 0 Å². The van der Waals surface area contributed by atoms with Gasteiger partial charge in [-0.1, -0.05) is 12.1 Å². The Kier molecular flexibility index (Phi) is 3.58. The SMILES string of the molecule is COc1cc(-c2ccc(C#N)cc2)c(C=O)c(O)c1O. The molecule has 0 radical (unpaired) electrons. The van der Waals surface area contributed by atoms with Gasteiger partial charge in [0.05, 0.1) is 24.3 Å². The summed E-state index contributed by atoms with van der Waals surface area (Å²) in [6, 6.07) is 9.95. The lowest BCUT2D eigenvalue weighted by Crippen LogP contribution is -1.93. The number of carbonyl (C=O) groups is 1. The highest BCUT2D eigenvalue weighted by molar-refractivity contribution is 5.93. The first-order valence-electron chi connectivity index (χ1n) is 5.71. The Labute approximate surface area is 115 Å². The summed E-state index contributed by atoms with van der Waals surface area (Å²) in [6.45, 7) is 0. The third kappa shape index (κ3) is 2.15. The molecular formula is C15H11NO4. The normalized spacial score (nSPS) is 9.80. The molecule has 0 bridgehead atoms. The van der Waals surface area contributed by atoms with E-state index < -0.39 is 11.5 Å². The molecule has 0 saturated heterocycles. The lowest BCUT2D eigenvalue weighted by molar-refractivity contribution is 0.112. The maximum atomic E-state index is 11.1. The fraction of sp³-hybridized carbons (Fsp3) is 0.0667. The molecule has 0 aliphatic carbocycles. The van der Waals surface area contributed by atoms with Crippen molar-refractivity contribution < 1.29 is 19.7 Å². The average Bonchev–Trinajstić information content (AvgIpc) is 2.50. The molecule has 2 rings (SSSR count). The summed E-state index contributed by atoms with van der Waals surface area (Å²) in [7, 11) is 1.34. The summed E-state index contributed by atoms with van der Waals surface area (Å²) >= 11 is 0. The number of nitrogens with zero attached hydrogens (tertiary/aromatic N) is 1. The first-order valence-corrected chi connectivity index (χ1v) is 5.71. The second-order valence-corrected chi connectivity index (χ2v) is 4.04. The van der Waals surface area contributed by atoms with Crippen LogP contribution in [-0.4, -0.2) is 23.6 Å². The molecule has 2 aromatic carbocycles. The Morgan fingerprint density at radius 2 is 1.85 bits per heavy atom. The Morgan fingerprint density at radius 3 is 2.35 bits per heavy atom. The number of phenolic OH excluding ortho intramolecular Hbond substituents is 2. The second kappa shape index (κ2) is 5.33. The zero-order valence-electron chi connectivity index (χ0n) is 10.6. The third-order valence-corrected chi connectivity index (χ3v) is 2.94. The molecule has 0 heterocycles. The quantitative estimate of drug-likeness (QED) is 0.659. The molecule has 5 heteroatoms. The zero-order chi connectivity index (χ0) is 14.7. The molecule has 20 heavy (non-hydrogen) atoms. The van der Waals surface area contributed by atoms with Crippen LogP contribution < -0.4 is 4.74 Å². The van der Waals surface area contributed by atoms with Crippen LogP contribution in [0.2, 0.25) is 0 Å². The highest BCUT2D eigenvalue weighted by atomic mass is 16.5. The molecule has 0 aliphatic rings. The van der Waals surface area contributed by atoms with Crippen LogP contribution in [0.4, 0.5) is 0 Å². The fourth-order valence-electron chi connectivity index (χ4n) is 1.89. The van der Waals surface area contributed by atoms with Gasteiger partial charge in [0, 0.05) is 0 Å². The minimum Gasteiger partial charge on any atom is -0.504 e. The van der Waals surface area contributed by atoms with Crippen LogP contribution in [0.5, 0.6) is 17.2 Å². The summed E-state index contributed by atoms with van der Waals surface area (Å²) in [5.41, 5.74) is 1.49. The Morgan fingerprint density at radius 1 is 1.20 bits per heavy atom. The monoisotopic (exact) mass is 269 g/mol. The van der Waals surface area contributed by atoms with Gasteiger partial charge in [-0.3, -0.25) is 4.79 Å². The van der Waals surface area contributed by atoms with Crippen molar-refractivity contribution in [3.63, 3.8) is 0 Å². The van der Waals surface area contributed by atoms with Gasteiger partial charge >= 0.3 is 0 Å². The van der Waals surface area contributed by atoms with Crippen LogP contribution in [0.25, 0.3) is 11.1 Å². The van der Waals surface area contributed by atoms with E-state index >= 15 is 0 Å². The van der Waals surface area contributed by atoms with Crippen LogP contribution in [0, 0.1) is 11.3 Å². The number of methoxy groups -OCH3 is 1. The van der Waals surface area contributed by atoms with E-state index in [1.165, 1.54) is 13.2 Å². The third-order valence-electron chi connectivity index (χ3n) is 2.94. The molecule has 0 aliphatic heterocycles. The van der Waals surface area contributed by atoms with Crippen molar-refractivity contribution in [1.82, 2.24) is 0 Å². The molecule has 0 amide bonds. The van der Waals surface area contributed by atoms with Crippen molar-refractivity contribution in [2.75, 3.05) is 7.11 Å². The number of aldehydes is 1. The Bertz CT molecular complexity index is 699. The molecule has 0 fully saturated rings. The van der Waals surface area contributed by atoms with E-state index in [0.717, 1.165) is 0 Å². The maximum Gasteiger partial charge on any atom is 0.201 e. The number of aromatic hydroxyl groups is 2. The zero-order valence-corrected chi connectivity index (χ0v) is 10.6. The van der Waals surface area contributed by atoms with E-state index in [9.17, 15) is 15.0 Å². The van der Waals surface area contributed by atoms with E-state index in [1.807, 2.05) is 6.07 Å². The van der Waals surface area contributed by atoms with E-state index in [0.29, 0.717) is 23.0 Å². The maximum absolute atomic E-state index is 11.1. The highest BCUT2D eigenvalue weighted by Crippen LogP contribution is 2.42. The molecule has 5 nitrogen and oxygen atoms in total. The molecular weight excluding hydrogens is 258 g/mol. The van der Waals surface area contributed by atoms with Gasteiger partial charge in [-0.25, -0.2) is 0 Å². The Balaban J connectivity index is 2.68. The largest absolute Gasteiger partial charge is 0.504 e. The van der Waals surface area contributed by atoms with Gasteiger partial charge < -0.3 is 14.9 Å². The van der Waals surface area contributed by atoms with E-state index in [1.54, 1.807) is 24.3 Å². The summed E-state index contributed by atoms with van der Waals surface area (Å²) < 4.78 is 4.95. The van der Waals surface area contributed by atoms with Crippen molar-refractivity contribution in [3.05, 3.63) is 41.5 Å². The number of carbonyl (C=O) groups excluding carboxylic acids is 1. The number of rotatable bonds is 3. The van der Waals surface area contributed by atoms with E-state index in [2.05, 4.69) is 0 Å². The predicted octanol–water partition coefficient (Wildman–Crippen LogP) is 2.46. The molecule has 0 saturated carbocycles. The van der Waals surface area contributed by atoms with Crippen molar-refractivity contribution in [2.24, 2.45) is 0 Å². The molecule has 2 aromatic rings. The first kappa shape index (κ1) is 13.4. The Hall–Kier alpha value is -3.00. The van der Waals surface area contributed by atoms with Crippen molar-refractivity contribution in [3.8, 4) is 34.4 Å². The molecule has 100 valence electrons. The standard InChI is InChI=1S/C15H11NO4/c1-20-13-6-11(12(8-17)14(18)15(13)19)10-4-2-9(7-16)3-5-10/h2-6,8,18-19H,1H3. The van der Waals surface area contributed by atoms with Crippen molar-refractivity contribution >= 4 is 6.29 Å². The summed E-state index contributed by atoms with van der Waals surface area (Å²) in [6.07, 6.45) is 0.460. The number of nitriles is 1. The summed E-state index contributed by atoms with van der Waals surface area (Å²) in [5, 5.41) is 28.3. The molecule has 0 aromatic heterocycles. The molecule has 0 atom stereocenters. The van der Waals surface area contributed by atoms with E-state index in [-0.39, 0.29) is 11.3 Å². The van der Waals surface area contributed by atoms with Crippen molar-refractivity contribution in [2.45, 2.75) is 0 Å². The molecule has 0 spiro atoms. The number of benzene rings is 2. The smallest absolute Gasteiger partial charge is 0.201 e.